The number of unbranched alkanes of at least 4 members (excludes halogenated alkanes) is 2. The van der Waals surface area contributed by atoms with Crippen LogP contribution in [0.5, 0.6) is 5.75 Å². The lowest BCUT2D eigenvalue weighted by atomic mass is 9.96. The zero-order valence-electron chi connectivity index (χ0n) is 75.4. The van der Waals surface area contributed by atoms with Gasteiger partial charge in [-0.15, -0.1) is 0 Å². The van der Waals surface area contributed by atoms with Crippen LogP contribution in [0.4, 0.5) is 0 Å². The summed E-state index contributed by atoms with van der Waals surface area (Å²) in [6.07, 6.45) is -3.71. The monoisotopic (exact) mass is 1880 g/mol. The molecular formula is C84H131N23O26. The summed E-state index contributed by atoms with van der Waals surface area (Å²) in [6, 6.07) is -9.39. The first-order valence-electron chi connectivity index (χ1n) is 43.7. The van der Waals surface area contributed by atoms with E-state index in [0.29, 0.717) is 31.2 Å². The molecule has 1 saturated heterocycles. The summed E-state index contributed by atoms with van der Waals surface area (Å²) < 4.78 is 0. The molecule has 0 spiro atoms. The second-order valence-electron chi connectivity index (χ2n) is 32.7. The zero-order chi connectivity index (χ0) is 99.9. The first-order valence-corrected chi connectivity index (χ1v) is 43.7. The number of aromatic hydroxyl groups is 1. The maximum atomic E-state index is 14.7. The number of aliphatic hydroxyl groups excluding tert-OH is 1. The summed E-state index contributed by atoms with van der Waals surface area (Å²) in [5, 5.41) is 74.4. The van der Waals surface area contributed by atoms with E-state index in [9.17, 15) is 121 Å². The predicted molar refractivity (Wildman–Crippen MR) is 472 cm³/mol. The Labute approximate surface area is 767 Å². The van der Waals surface area contributed by atoms with Gasteiger partial charge in [-0.1, -0.05) is 96.8 Å². The summed E-state index contributed by atoms with van der Waals surface area (Å²) in [6.45, 7) is 6.62. The number of carboxylic acid groups (broad SMARTS) is 2. The number of phenolic OH excluding ortho intramolecular Hbond substituents is 1. The van der Waals surface area contributed by atoms with Crippen molar-refractivity contribution in [3.8, 4) is 5.75 Å². The van der Waals surface area contributed by atoms with Crippen LogP contribution in [-0.2, 0) is 118 Å². The van der Waals surface area contributed by atoms with Gasteiger partial charge in [-0.25, -0.2) is 0 Å². The number of phenols is 1. The van der Waals surface area contributed by atoms with Crippen molar-refractivity contribution in [3.05, 3.63) is 65.7 Å². The molecule has 738 valence electrons. The molecule has 1 aliphatic rings. The number of primary amides is 4. The Hall–Kier alpha value is -13.6. The van der Waals surface area contributed by atoms with Gasteiger partial charge in [-0.2, -0.15) is 0 Å². The van der Waals surface area contributed by atoms with Gasteiger partial charge in [0.25, 0.3) is 0 Å². The summed E-state index contributed by atoms with van der Waals surface area (Å²) >= 11 is 0. The highest BCUT2D eigenvalue weighted by molar-refractivity contribution is 6.03. The average Bonchev–Trinajstić information content (AvgIpc) is 1.69. The molecule has 0 saturated carbocycles. The summed E-state index contributed by atoms with van der Waals surface area (Å²) in [5.41, 5.74) is 40.2. The van der Waals surface area contributed by atoms with Crippen LogP contribution in [0.3, 0.4) is 0 Å². The van der Waals surface area contributed by atoms with E-state index in [1.807, 2.05) is 0 Å². The molecule has 33 N–H and O–H groups in total. The standard InChI is InChI=1S/C84H131N23O26/c1-7-44(5)69(105-71(120)49(87)26-29-67(116)117)83(132)104-58(33-43(3)4)84(133)107-32-16-21-60(107)81(130)93-40-66(115)96-59(42-108)73(122)92-39-65(114)95-55(36-62(89)111)80(129)106-70(45(6)8-2)82(131)103-57(38-64(91)113)79(128)101-54(35-47-22-24-48(109)25-23-47)77(126)102-56(37-63(90)112)78(127)99-52(27-28-61(88)110)75(124)98-51(20-13-15-31-86)74(123)100-53(34-46-17-10-9-11-18-46)76(125)97-50(19-12-14-30-85)72(121)94-41-68(118)119/h9-11,17-18,22-25,43-45,49-60,69-70,108-109H,7-8,12-16,19-21,26-42,85-87H2,1-6H3,(H2,88,110)(H2,89,111)(H2,90,112)(H2,91,113)(H,92,122)(H,93,130)(H,94,121)(H,95,114)(H,96,115)(H,97,125)(H,98,124)(H,99,127)(H,100,123)(H,101,128)(H,102,126)(H,103,131)(H,104,132)(H,105,120)(H,106,129)(H,116,117)(H,118,119)/t44-,45-,49-,50-,51-,52-,53-,54-,55-,56-,57-,58-,59-,60-,69-,70-/m0/s1. The lowest BCUT2D eigenvalue weighted by Gasteiger charge is -2.31. The smallest absolute Gasteiger partial charge is 0.322 e. The second-order valence-corrected chi connectivity index (χ2v) is 32.7. The number of rotatable bonds is 63. The highest BCUT2D eigenvalue weighted by Gasteiger charge is 2.42. The number of carbonyl (C=O) groups is 22. The first-order chi connectivity index (χ1) is 62.8. The molecular weight excluding hydrogens is 1750 g/mol. The minimum absolute atomic E-state index is 0.00168. The highest BCUT2D eigenvalue weighted by atomic mass is 16.4. The third-order valence-electron chi connectivity index (χ3n) is 21.4. The highest BCUT2D eigenvalue weighted by Crippen LogP contribution is 2.23. The van der Waals surface area contributed by atoms with Gasteiger partial charge in [-0.05, 0) is 125 Å². The van der Waals surface area contributed by atoms with Gasteiger partial charge in [0.15, 0.2) is 0 Å². The van der Waals surface area contributed by atoms with Crippen molar-refractivity contribution in [1.82, 2.24) is 84.7 Å². The van der Waals surface area contributed by atoms with Crippen molar-refractivity contribution in [3.63, 3.8) is 0 Å². The Balaban J connectivity index is 1.87. The number of nitrogens with zero attached hydrogens (tertiary/aromatic N) is 1. The second kappa shape index (κ2) is 59.0. The number of hydrogen-bond donors (Lipinski definition) is 26. The summed E-state index contributed by atoms with van der Waals surface area (Å²) in [5.74, 6) is -26.0. The number of carboxylic acids is 2. The fourth-order valence-corrected chi connectivity index (χ4v) is 13.7. The van der Waals surface area contributed by atoms with Crippen molar-refractivity contribution in [2.45, 2.75) is 255 Å². The zero-order valence-corrected chi connectivity index (χ0v) is 75.4. The van der Waals surface area contributed by atoms with E-state index in [1.165, 1.54) is 36.1 Å². The molecule has 0 aromatic heterocycles. The average molecular weight is 1880 g/mol. The van der Waals surface area contributed by atoms with E-state index in [1.54, 1.807) is 65.0 Å². The van der Waals surface area contributed by atoms with Gasteiger partial charge in [0, 0.05) is 32.2 Å². The van der Waals surface area contributed by atoms with Gasteiger partial charge in [-0.3, -0.25) is 105 Å². The molecule has 1 heterocycles. The van der Waals surface area contributed by atoms with Gasteiger partial charge in [0.05, 0.1) is 45.0 Å². The van der Waals surface area contributed by atoms with Crippen LogP contribution >= 0.6 is 0 Å². The lowest BCUT2D eigenvalue weighted by molar-refractivity contribution is -0.142. The molecule has 2 aromatic carbocycles. The third kappa shape index (κ3) is 42.0. The van der Waals surface area contributed by atoms with Crippen LogP contribution in [0, 0.1) is 17.8 Å². The van der Waals surface area contributed by atoms with Crippen LogP contribution < -0.4 is 120 Å². The fourth-order valence-electron chi connectivity index (χ4n) is 13.7. The fraction of sp³-hybridized carbons (Fsp3) is 0.595. The van der Waals surface area contributed by atoms with E-state index in [-0.39, 0.29) is 94.7 Å². The molecule has 133 heavy (non-hydrogen) atoms. The Bertz CT molecular complexity index is 4360. The maximum absolute atomic E-state index is 14.7. The molecule has 2 aromatic rings. The van der Waals surface area contributed by atoms with Gasteiger partial charge >= 0.3 is 11.9 Å². The van der Waals surface area contributed by atoms with E-state index < -0.39 is 298 Å². The largest absolute Gasteiger partial charge is 0.508 e. The number of aliphatic carboxylic acids is 2. The minimum Gasteiger partial charge on any atom is -0.508 e. The molecule has 0 aliphatic carbocycles. The molecule has 49 nitrogen and oxygen atoms in total. The number of hydrogen-bond acceptors (Lipinski definition) is 27. The van der Waals surface area contributed by atoms with Crippen LogP contribution in [0.15, 0.2) is 54.6 Å². The number of benzene rings is 2. The van der Waals surface area contributed by atoms with Crippen molar-refractivity contribution >= 4 is 130 Å². The van der Waals surface area contributed by atoms with Crippen LogP contribution in [0.2, 0.25) is 0 Å². The van der Waals surface area contributed by atoms with Crippen molar-refractivity contribution in [2.75, 3.05) is 45.9 Å². The van der Waals surface area contributed by atoms with Gasteiger partial charge in [0.2, 0.25) is 118 Å². The molecule has 0 radical (unpaired) electrons. The minimum atomic E-state index is -2.08. The van der Waals surface area contributed by atoms with Gasteiger partial charge < -0.3 is 145 Å². The van der Waals surface area contributed by atoms with Crippen LogP contribution in [0.1, 0.15) is 168 Å². The molecule has 3 rings (SSSR count). The molecule has 1 aliphatic heterocycles. The predicted octanol–water partition coefficient (Wildman–Crippen LogP) is -9.11. The van der Waals surface area contributed by atoms with Crippen molar-refractivity contribution in [1.29, 1.82) is 0 Å². The Morgan fingerprint density at radius 1 is 0.406 bits per heavy atom. The maximum Gasteiger partial charge on any atom is 0.322 e. The third-order valence-corrected chi connectivity index (χ3v) is 21.4. The van der Waals surface area contributed by atoms with Crippen molar-refractivity contribution in [2.24, 2.45) is 57.9 Å². The van der Waals surface area contributed by atoms with Crippen LogP contribution in [-0.4, -0.2) is 286 Å². The number of likely N-dealkylation sites (tertiary alicyclic amines) is 1. The van der Waals surface area contributed by atoms with E-state index in [0.717, 1.165) is 0 Å². The lowest BCUT2D eigenvalue weighted by Crippen LogP contribution is -2.62. The Morgan fingerprint density at radius 3 is 1.25 bits per heavy atom. The SMILES string of the molecule is CC[C@H](C)[C@H](NC(=O)[C@H](CC(N)=O)NC(=O)CNC(=O)[C@H](CO)NC(=O)CNC(=O)[C@@H]1CCCN1C(=O)[C@H](CC(C)C)NC(=O)[C@@H](NC(=O)[C@@H](N)CCC(=O)O)[C@@H](C)CC)C(=O)N[C@@H](CC(N)=O)C(=O)N[C@@H](Cc1ccc(O)cc1)C(=O)N[C@@H](CC(N)=O)C(=O)N[C@@H](CCC(N)=O)C(=O)N[C@@H](CCCCN)C(=O)N[C@@H](Cc1ccccc1)C(=O)N[C@@H](CCCCN)C(=O)NCC(=O)O. The summed E-state index contributed by atoms with van der Waals surface area (Å²) in [4.78, 5) is 298. The molecule has 49 heteroatoms. The number of carbonyl (C=O) groups excluding carboxylic acids is 20. The van der Waals surface area contributed by atoms with E-state index in [2.05, 4.69) is 79.8 Å². The normalized spacial score (nSPS) is 15.6. The topological polar surface area (TPSA) is 822 Å². The molecule has 1 fully saturated rings. The molecule has 16 atom stereocenters. The number of nitrogens with one attached hydrogen (secondary N) is 15. The molecule has 0 bridgehead atoms. The van der Waals surface area contributed by atoms with Crippen LogP contribution in [0.25, 0.3) is 0 Å². The molecule has 20 amide bonds. The summed E-state index contributed by atoms with van der Waals surface area (Å²) in [7, 11) is 0. The Morgan fingerprint density at radius 2 is 0.797 bits per heavy atom. The number of aliphatic hydroxyl groups is 1. The van der Waals surface area contributed by atoms with E-state index >= 15 is 0 Å². The number of nitrogens with two attached hydrogens (primary N) is 7. The quantitative estimate of drug-likeness (QED) is 0.0274. The Kier molecular flexibility index (Phi) is 50.3. The first kappa shape index (κ1) is 114. The number of amides is 20. The van der Waals surface area contributed by atoms with Gasteiger partial charge in [0.1, 0.15) is 90.8 Å². The van der Waals surface area contributed by atoms with E-state index in [4.69, 9.17) is 45.2 Å². The molecule has 0 unspecified atom stereocenters. The van der Waals surface area contributed by atoms with Crippen molar-refractivity contribution < 1.29 is 126 Å².